The van der Waals surface area contributed by atoms with Crippen LogP contribution in [0.2, 0.25) is 0 Å². The van der Waals surface area contributed by atoms with Gasteiger partial charge in [0.25, 0.3) is 0 Å². The van der Waals surface area contributed by atoms with E-state index in [1.54, 1.807) is 0 Å². The third-order valence-electron chi connectivity index (χ3n) is 2.05. The fourth-order valence-electron chi connectivity index (χ4n) is 1.30. The number of hydrogen-bond acceptors (Lipinski definition) is 5. The summed E-state index contributed by atoms with van der Waals surface area (Å²) >= 11 is 0. The number of benzene rings is 1. The Kier molecular flexibility index (Phi) is 3.62. The van der Waals surface area contributed by atoms with Crippen molar-refractivity contribution in [3.05, 3.63) is 28.8 Å². The van der Waals surface area contributed by atoms with Gasteiger partial charge in [-0.3, -0.25) is 4.79 Å². The van der Waals surface area contributed by atoms with Crippen molar-refractivity contribution in [3.8, 4) is 11.8 Å². The minimum Gasteiger partial charge on any atom is -0.495 e. The average Bonchev–Trinajstić information content (AvgIpc) is 2.35. The van der Waals surface area contributed by atoms with Crippen molar-refractivity contribution in [2.45, 2.75) is 0 Å². The van der Waals surface area contributed by atoms with E-state index in [0.717, 1.165) is 0 Å². The largest absolute Gasteiger partial charge is 0.495 e. The Morgan fingerprint density at radius 2 is 2.12 bits per heavy atom. The van der Waals surface area contributed by atoms with Crippen LogP contribution in [0, 0.1) is 11.3 Å². The summed E-state index contributed by atoms with van der Waals surface area (Å²) in [5.41, 5.74) is 0.0301. The molecule has 0 amide bonds. The van der Waals surface area contributed by atoms with Crippen molar-refractivity contribution in [3.63, 3.8) is 0 Å². The SMILES string of the molecule is COC(=O)c1c(C=O)ccc(OC)c1C#N. The van der Waals surface area contributed by atoms with Gasteiger partial charge >= 0.3 is 5.97 Å². The van der Waals surface area contributed by atoms with Crippen molar-refractivity contribution in [2.24, 2.45) is 0 Å². The number of nitrogens with zero attached hydrogens (tertiary/aromatic N) is 1. The van der Waals surface area contributed by atoms with Crippen molar-refractivity contribution in [1.29, 1.82) is 5.26 Å². The number of esters is 1. The fourth-order valence-corrected chi connectivity index (χ4v) is 1.30. The maximum absolute atomic E-state index is 11.5. The molecule has 1 aromatic carbocycles. The zero-order chi connectivity index (χ0) is 12.1. The summed E-state index contributed by atoms with van der Waals surface area (Å²) in [7, 11) is 2.55. The molecule has 5 heteroatoms. The molecule has 0 aliphatic carbocycles. The molecule has 82 valence electrons. The maximum Gasteiger partial charge on any atom is 0.340 e. The van der Waals surface area contributed by atoms with E-state index in [1.807, 2.05) is 6.07 Å². The molecular formula is C11H9NO4. The van der Waals surface area contributed by atoms with E-state index in [9.17, 15) is 9.59 Å². The molecule has 0 unspecified atom stereocenters. The lowest BCUT2D eigenvalue weighted by molar-refractivity contribution is 0.0597. The molecule has 5 nitrogen and oxygen atoms in total. The van der Waals surface area contributed by atoms with Gasteiger partial charge in [-0.1, -0.05) is 0 Å². The van der Waals surface area contributed by atoms with Crippen LogP contribution in [0.25, 0.3) is 0 Å². The molecule has 0 fully saturated rings. The highest BCUT2D eigenvalue weighted by Gasteiger charge is 2.20. The second-order valence-corrected chi connectivity index (χ2v) is 2.83. The van der Waals surface area contributed by atoms with Gasteiger partial charge < -0.3 is 9.47 Å². The summed E-state index contributed by atoms with van der Waals surface area (Å²) in [5, 5.41) is 8.94. The molecule has 1 aromatic rings. The van der Waals surface area contributed by atoms with Crippen LogP contribution < -0.4 is 4.74 Å². The number of rotatable bonds is 3. The molecule has 0 heterocycles. The van der Waals surface area contributed by atoms with Crippen LogP contribution in [0.3, 0.4) is 0 Å². The lowest BCUT2D eigenvalue weighted by atomic mass is 10.0. The van der Waals surface area contributed by atoms with E-state index < -0.39 is 5.97 Å². The molecule has 0 aromatic heterocycles. The van der Waals surface area contributed by atoms with Crippen LogP contribution in [0.1, 0.15) is 26.3 Å². The summed E-state index contributed by atoms with van der Waals surface area (Å²) in [6.07, 6.45) is 0.493. The van der Waals surface area contributed by atoms with Crippen LogP contribution in [-0.4, -0.2) is 26.5 Å². The third kappa shape index (κ3) is 1.86. The molecule has 16 heavy (non-hydrogen) atoms. The Morgan fingerprint density at radius 3 is 2.56 bits per heavy atom. The monoisotopic (exact) mass is 219 g/mol. The summed E-state index contributed by atoms with van der Waals surface area (Å²) in [5.74, 6) is -0.508. The normalized spacial score (nSPS) is 9.06. The predicted octanol–water partition coefficient (Wildman–Crippen LogP) is 1.17. The Balaban J connectivity index is 3.56. The Labute approximate surface area is 92.2 Å². The number of nitriles is 1. The highest BCUT2D eigenvalue weighted by atomic mass is 16.5. The predicted molar refractivity (Wildman–Crippen MR) is 54.4 cm³/mol. The Morgan fingerprint density at radius 1 is 1.44 bits per heavy atom. The van der Waals surface area contributed by atoms with E-state index in [-0.39, 0.29) is 22.4 Å². The Hall–Kier alpha value is -2.35. The standard InChI is InChI=1S/C11H9NO4/c1-15-9-4-3-7(6-13)10(8(9)5-12)11(14)16-2/h3-4,6H,1-2H3. The van der Waals surface area contributed by atoms with Crippen molar-refractivity contribution in [2.75, 3.05) is 14.2 Å². The molecule has 0 N–H and O–H groups in total. The minimum absolute atomic E-state index is 0.000972. The van der Waals surface area contributed by atoms with Gasteiger partial charge in [0.2, 0.25) is 0 Å². The molecule has 0 saturated carbocycles. The summed E-state index contributed by atoms with van der Waals surface area (Å²) in [4.78, 5) is 22.2. The molecule has 0 saturated heterocycles. The molecule has 0 atom stereocenters. The first-order valence-electron chi connectivity index (χ1n) is 4.34. The van der Waals surface area contributed by atoms with Crippen LogP contribution in [0.4, 0.5) is 0 Å². The first-order valence-corrected chi connectivity index (χ1v) is 4.34. The van der Waals surface area contributed by atoms with Crippen molar-refractivity contribution < 1.29 is 19.1 Å². The highest BCUT2D eigenvalue weighted by molar-refractivity contribution is 6.01. The van der Waals surface area contributed by atoms with Gasteiger partial charge in [0.15, 0.2) is 6.29 Å². The first kappa shape index (κ1) is 11.7. The van der Waals surface area contributed by atoms with Crippen molar-refractivity contribution >= 4 is 12.3 Å². The van der Waals surface area contributed by atoms with Gasteiger partial charge in [-0.15, -0.1) is 0 Å². The molecule has 0 aliphatic rings. The minimum atomic E-state index is -0.738. The molecular weight excluding hydrogens is 210 g/mol. The van der Waals surface area contributed by atoms with Gasteiger partial charge in [-0.05, 0) is 12.1 Å². The van der Waals surface area contributed by atoms with Gasteiger partial charge in [0.1, 0.15) is 17.4 Å². The summed E-state index contributed by atoms with van der Waals surface area (Å²) in [6, 6.07) is 4.68. The average molecular weight is 219 g/mol. The second-order valence-electron chi connectivity index (χ2n) is 2.83. The number of ether oxygens (including phenoxy) is 2. The van der Waals surface area contributed by atoms with Gasteiger partial charge in [-0.25, -0.2) is 4.79 Å². The molecule has 0 radical (unpaired) electrons. The van der Waals surface area contributed by atoms with E-state index in [0.29, 0.717) is 6.29 Å². The number of methoxy groups -OCH3 is 2. The zero-order valence-electron chi connectivity index (χ0n) is 8.81. The number of aldehydes is 1. The zero-order valence-corrected chi connectivity index (χ0v) is 8.81. The van der Waals surface area contributed by atoms with E-state index in [1.165, 1.54) is 26.4 Å². The Bertz CT molecular complexity index is 474. The van der Waals surface area contributed by atoms with Crippen LogP contribution in [0.5, 0.6) is 5.75 Å². The summed E-state index contributed by atoms with van der Waals surface area (Å²) < 4.78 is 9.44. The van der Waals surface area contributed by atoms with Crippen LogP contribution in [-0.2, 0) is 4.74 Å². The number of carbonyl (C=O) groups excluding carboxylic acids is 2. The number of hydrogen-bond donors (Lipinski definition) is 0. The summed E-state index contributed by atoms with van der Waals surface area (Å²) in [6.45, 7) is 0. The van der Waals surface area contributed by atoms with Crippen LogP contribution in [0.15, 0.2) is 12.1 Å². The van der Waals surface area contributed by atoms with Gasteiger partial charge in [0, 0.05) is 5.56 Å². The smallest absolute Gasteiger partial charge is 0.340 e. The highest BCUT2D eigenvalue weighted by Crippen LogP contribution is 2.24. The van der Waals surface area contributed by atoms with Crippen molar-refractivity contribution in [1.82, 2.24) is 0 Å². The second kappa shape index (κ2) is 4.94. The molecule has 0 aliphatic heterocycles. The lowest BCUT2D eigenvalue weighted by Gasteiger charge is -2.08. The molecule has 0 spiro atoms. The number of carbonyl (C=O) groups is 2. The molecule has 0 bridgehead atoms. The third-order valence-corrected chi connectivity index (χ3v) is 2.05. The van der Waals surface area contributed by atoms with E-state index >= 15 is 0 Å². The van der Waals surface area contributed by atoms with Crippen LogP contribution >= 0.6 is 0 Å². The molecule has 1 rings (SSSR count). The quantitative estimate of drug-likeness (QED) is 0.563. The van der Waals surface area contributed by atoms with Gasteiger partial charge in [-0.2, -0.15) is 5.26 Å². The topological polar surface area (TPSA) is 76.4 Å². The van der Waals surface area contributed by atoms with E-state index in [4.69, 9.17) is 10.00 Å². The lowest BCUT2D eigenvalue weighted by Crippen LogP contribution is -2.09. The maximum atomic E-state index is 11.5. The van der Waals surface area contributed by atoms with Gasteiger partial charge in [0.05, 0.1) is 19.8 Å². The van der Waals surface area contributed by atoms with E-state index in [2.05, 4.69) is 4.74 Å². The fraction of sp³-hybridized carbons (Fsp3) is 0.182. The first-order chi connectivity index (χ1) is 7.69.